The van der Waals surface area contributed by atoms with Crippen molar-refractivity contribution < 1.29 is 0 Å². The number of anilines is 3. The van der Waals surface area contributed by atoms with Crippen LogP contribution in [-0.4, -0.2) is 25.1 Å². The normalized spacial score (nSPS) is 10.6. The first-order valence-corrected chi connectivity index (χ1v) is 7.87. The van der Waals surface area contributed by atoms with Crippen LogP contribution < -0.4 is 10.6 Å². The average Bonchev–Trinajstić information content (AvgIpc) is 2.94. The third kappa shape index (κ3) is 3.84. The van der Waals surface area contributed by atoms with E-state index < -0.39 is 0 Å². The number of nitrogens with zero attached hydrogens (tertiary/aromatic N) is 4. The Balaban J connectivity index is 1.73. The van der Waals surface area contributed by atoms with Crippen LogP contribution in [0, 0.1) is 13.8 Å². The molecular weight excluding hydrogens is 358 g/mol. The molecule has 0 aromatic carbocycles. The maximum absolute atomic E-state index is 4.46. The number of pyridine rings is 1. The molecule has 0 unspecified atom stereocenters. The lowest BCUT2D eigenvalue weighted by molar-refractivity contribution is 0.981. The number of aromatic nitrogens is 5. The third-order valence-electron chi connectivity index (χ3n) is 3.23. The predicted molar refractivity (Wildman–Crippen MR) is 92.6 cm³/mol. The summed E-state index contributed by atoms with van der Waals surface area (Å²) in [5, 5.41) is 13.4. The van der Waals surface area contributed by atoms with Gasteiger partial charge in [0.05, 0.1) is 16.7 Å². The Kier molecular flexibility index (Phi) is 4.52. The van der Waals surface area contributed by atoms with Gasteiger partial charge in [-0.25, -0.2) is 4.98 Å². The summed E-state index contributed by atoms with van der Waals surface area (Å²) in [4.78, 5) is 13.1. The Morgan fingerprint density at radius 1 is 1.26 bits per heavy atom. The number of hydrogen-bond acceptors (Lipinski definition) is 6. The van der Waals surface area contributed by atoms with Crippen molar-refractivity contribution in [1.82, 2.24) is 25.1 Å². The lowest BCUT2D eigenvalue weighted by atomic mass is 10.2. The molecule has 118 valence electrons. The summed E-state index contributed by atoms with van der Waals surface area (Å²) in [5.74, 6) is 1.87. The van der Waals surface area contributed by atoms with Crippen LogP contribution in [0.5, 0.6) is 0 Å². The van der Waals surface area contributed by atoms with E-state index in [1.165, 1.54) is 0 Å². The van der Waals surface area contributed by atoms with Gasteiger partial charge in [0, 0.05) is 24.2 Å². The zero-order chi connectivity index (χ0) is 16.2. The molecule has 3 N–H and O–H groups in total. The van der Waals surface area contributed by atoms with Crippen LogP contribution in [0.2, 0.25) is 0 Å². The molecule has 0 radical (unpaired) electrons. The Bertz CT molecular complexity index is 815. The van der Waals surface area contributed by atoms with Crippen LogP contribution in [0.1, 0.15) is 17.0 Å². The van der Waals surface area contributed by atoms with Gasteiger partial charge in [-0.2, -0.15) is 10.1 Å². The Morgan fingerprint density at radius 3 is 2.87 bits per heavy atom. The van der Waals surface area contributed by atoms with Crippen molar-refractivity contribution in [3.8, 4) is 0 Å². The fourth-order valence-electron chi connectivity index (χ4n) is 2.01. The van der Waals surface area contributed by atoms with Crippen LogP contribution >= 0.6 is 15.9 Å². The number of halogens is 1. The number of H-pyrrole nitrogens is 1. The summed E-state index contributed by atoms with van der Waals surface area (Å²) >= 11 is 3.44. The summed E-state index contributed by atoms with van der Waals surface area (Å²) < 4.78 is 0.762. The van der Waals surface area contributed by atoms with Crippen LogP contribution in [0.15, 0.2) is 35.1 Å². The average molecular weight is 374 g/mol. The zero-order valence-electron chi connectivity index (χ0n) is 12.8. The van der Waals surface area contributed by atoms with Gasteiger partial charge < -0.3 is 10.6 Å². The van der Waals surface area contributed by atoms with Gasteiger partial charge in [0.1, 0.15) is 0 Å². The molecule has 3 aromatic heterocycles. The van der Waals surface area contributed by atoms with Crippen molar-refractivity contribution in [3.05, 3.63) is 52.0 Å². The smallest absolute Gasteiger partial charge is 0.225 e. The first-order chi connectivity index (χ1) is 11.1. The first kappa shape index (κ1) is 15.4. The molecule has 23 heavy (non-hydrogen) atoms. The maximum atomic E-state index is 4.46. The molecule has 0 saturated carbocycles. The molecule has 0 aliphatic heterocycles. The lowest BCUT2D eigenvalue weighted by Gasteiger charge is -2.09. The van der Waals surface area contributed by atoms with Gasteiger partial charge in [-0.05, 0) is 41.4 Å². The fraction of sp³-hybridized carbons (Fsp3) is 0.200. The SMILES string of the molecule is Cc1cc(Nc2nc(NCc3ncccc3C)ncc2Br)n[nH]1. The molecule has 0 amide bonds. The summed E-state index contributed by atoms with van der Waals surface area (Å²) in [6.45, 7) is 4.53. The van der Waals surface area contributed by atoms with Crippen LogP contribution in [0.4, 0.5) is 17.6 Å². The van der Waals surface area contributed by atoms with Crippen molar-refractivity contribution in [3.63, 3.8) is 0 Å². The molecule has 3 heterocycles. The summed E-state index contributed by atoms with van der Waals surface area (Å²) in [6, 6.07) is 5.85. The topological polar surface area (TPSA) is 91.4 Å². The van der Waals surface area contributed by atoms with Crippen LogP contribution in [0.25, 0.3) is 0 Å². The monoisotopic (exact) mass is 373 g/mol. The number of hydrogen-bond donors (Lipinski definition) is 3. The van der Waals surface area contributed by atoms with E-state index in [4.69, 9.17) is 0 Å². The van der Waals surface area contributed by atoms with E-state index in [-0.39, 0.29) is 0 Å². The number of aromatic amines is 1. The quantitative estimate of drug-likeness (QED) is 0.635. The number of nitrogens with one attached hydrogen (secondary N) is 3. The van der Waals surface area contributed by atoms with Gasteiger partial charge >= 0.3 is 0 Å². The fourth-order valence-corrected chi connectivity index (χ4v) is 2.30. The predicted octanol–water partition coefficient (Wildman–Crippen LogP) is 3.33. The van der Waals surface area contributed by atoms with Gasteiger partial charge in [0.25, 0.3) is 0 Å². The van der Waals surface area contributed by atoms with E-state index >= 15 is 0 Å². The highest BCUT2D eigenvalue weighted by atomic mass is 79.9. The minimum absolute atomic E-state index is 0.521. The molecule has 0 fully saturated rings. The van der Waals surface area contributed by atoms with Gasteiger partial charge in [0.2, 0.25) is 5.95 Å². The highest BCUT2D eigenvalue weighted by Crippen LogP contribution is 2.23. The Labute approximate surface area is 142 Å². The van der Waals surface area contributed by atoms with E-state index in [2.05, 4.69) is 51.7 Å². The van der Waals surface area contributed by atoms with E-state index in [1.54, 1.807) is 12.4 Å². The van der Waals surface area contributed by atoms with Crippen LogP contribution in [-0.2, 0) is 6.54 Å². The number of rotatable bonds is 5. The molecule has 7 nitrogen and oxygen atoms in total. The molecule has 0 aliphatic rings. The minimum atomic E-state index is 0.521. The largest absolute Gasteiger partial charge is 0.348 e. The molecule has 0 atom stereocenters. The highest BCUT2D eigenvalue weighted by molar-refractivity contribution is 9.10. The van der Waals surface area contributed by atoms with Crippen molar-refractivity contribution in [2.45, 2.75) is 20.4 Å². The Hall–Kier alpha value is -2.48. The second-order valence-corrected chi connectivity index (χ2v) is 5.93. The van der Waals surface area contributed by atoms with Crippen molar-refractivity contribution in [1.29, 1.82) is 0 Å². The van der Waals surface area contributed by atoms with Gasteiger partial charge in [0.15, 0.2) is 11.6 Å². The molecule has 0 spiro atoms. The van der Waals surface area contributed by atoms with Gasteiger partial charge in [-0.3, -0.25) is 10.1 Å². The summed E-state index contributed by atoms with van der Waals surface area (Å²) in [6.07, 6.45) is 3.47. The molecule has 0 aliphatic carbocycles. The second kappa shape index (κ2) is 6.74. The minimum Gasteiger partial charge on any atom is -0.348 e. The van der Waals surface area contributed by atoms with Gasteiger partial charge in [-0.1, -0.05) is 6.07 Å². The van der Waals surface area contributed by atoms with Gasteiger partial charge in [-0.15, -0.1) is 0 Å². The first-order valence-electron chi connectivity index (χ1n) is 7.08. The number of aryl methyl sites for hydroxylation is 2. The van der Waals surface area contributed by atoms with E-state index in [0.717, 1.165) is 21.4 Å². The standard InChI is InChI=1S/C15H16BrN7/c1-9-4-3-5-17-12(9)8-19-15-18-7-11(16)14(21-15)20-13-6-10(2)22-23-13/h3-7H,8H2,1-2H3,(H3,18,19,20,21,22,23). The third-order valence-corrected chi connectivity index (χ3v) is 3.81. The molecule has 3 rings (SSSR count). The van der Waals surface area contributed by atoms with Crippen molar-refractivity contribution in [2.75, 3.05) is 10.6 Å². The molecule has 8 heteroatoms. The van der Waals surface area contributed by atoms with Crippen molar-refractivity contribution in [2.24, 2.45) is 0 Å². The molecular formula is C15H16BrN7. The lowest BCUT2D eigenvalue weighted by Crippen LogP contribution is -2.07. The summed E-state index contributed by atoms with van der Waals surface area (Å²) in [7, 11) is 0. The van der Waals surface area contributed by atoms with Crippen LogP contribution in [0.3, 0.4) is 0 Å². The van der Waals surface area contributed by atoms with E-state index in [0.29, 0.717) is 24.1 Å². The molecule has 0 bridgehead atoms. The van der Waals surface area contributed by atoms with Crippen molar-refractivity contribution >= 4 is 33.5 Å². The Morgan fingerprint density at radius 2 is 2.13 bits per heavy atom. The second-order valence-electron chi connectivity index (χ2n) is 5.07. The van der Waals surface area contributed by atoms with E-state index in [9.17, 15) is 0 Å². The summed E-state index contributed by atoms with van der Waals surface area (Å²) in [5.41, 5.74) is 3.07. The molecule has 3 aromatic rings. The maximum Gasteiger partial charge on any atom is 0.225 e. The van der Waals surface area contributed by atoms with E-state index in [1.807, 2.05) is 32.0 Å². The zero-order valence-corrected chi connectivity index (χ0v) is 14.3. The molecule has 0 saturated heterocycles. The highest BCUT2D eigenvalue weighted by Gasteiger charge is 2.08.